The monoisotopic (exact) mass is 282 g/mol. The van der Waals surface area contributed by atoms with Crippen LogP contribution in [0.3, 0.4) is 0 Å². The van der Waals surface area contributed by atoms with Crippen LogP contribution in [0.25, 0.3) is 0 Å². The first-order valence-electron chi connectivity index (χ1n) is 6.04. The summed E-state index contributed by atoms with van der Waals surface area (Å²) in [6.45, 7) is 0. The molecule has 0 saturated carbocycles. The Morgan fingerprint density at radius 3 is 1.71 bits per heavy atom. The lowest BCUT2D eigenvalue weighted by molar-refractivity contribution is 0.0959. The second-order valence-electron chi connectivity index (χ2n) is 4.32. The molecule has 0 amide bonds. The molecule has 0 bridgehead atoms. The summed E-state index contributed by atoms with van der Waals surface area (Å²) in [6.07, 6.45) is 8.62. The van der Waals surface area contributed by atoms with E-state index in [1.54, 1.807) is 0 Å². The van der Waals surface area contributed by atoms with Crippen molar-refractivity contribution in [2.24, 2.45) is 0 Å². The van der Waals surface area contributed by atoms with Crippen LogP contribution >= 0.6 is 0 Å². The van der Waals surface area contributed by atoms with Gasteiger partial charge in [0.2, 0.25) is 0 Å². The van der Waals surface area contributed by atoms with Gasteiger partial charge >= 0.3 is 0 Å². The summed E-state index contributed by atoms with van der Waals surface area (Å²) >= 11 is 0. The summed E-state index contributed by atoms with van der Waals surface area (Å²) < 4.78 is 2.53. The Labute approximate surface area is 119 Å². The van der Waals surface area contributed by atoms with E-state index in [2.05, 4.69) is 9.97 Å². The summed E-state index contributed by atoms with van der Waals surface area (Å²) in [4.78, 5) is 32.0. The third-order valence-electron chi connectivity index (χ3n) is 2.89. The number of hydrogen-bond donors (Lipinski definition) is 1. The third kappa shape index (κ3) is 2.44. The van der Waals surface area contributed by atoms with E-state index in [1.165, 1.54) is 64.8 Å². The van der Waals surface area contributed by atoms with Crippen LogP contribution in [0.15, 0.2) is 55.6 Å². The van der Waals surface area contributed by atoms with Crippen molar-refractivity contribution in [2.45, 2.75) is 0 Å². The van der Waals surface area contributed by atoms with E-state index < -0.39 is 0 Å². The fourth-order valence-corrected chi connectivity index (χ4v) is 1.91. The van der Waals surface area contributed by atoms with Gasteiger partial charge in [0.1, 0.15) is 18.4 Å². The summed E-state index contributed by atoms with van der Waals surface area (Å²) in [5, 5.41) is 9.73. The van der Waals surface area contributed by atoms with E-state index in [9.17, 15) is 14.7 Å². The van der Waals surface area contributed by atoms with Crippen molar-refractivity contribution >= 4 is 11.8 Å². The third-order valence-corrected chi connectivity index (χ3v) is 2.89. The first kappa shape index (κ1) is 12.8. The number of carbonyl (C=O) groups is 2. The number of benzene rings is 1. The van der Waals surface area contributed by atoms with E-state index in [0.717, 1.165) is 0 Å². The van der Waals surface area contributed by atoms with E-state index in [0.29, 0.717) is 0 Å². The maximum absolute atomic E-state index is 12.2. The normalized spacial score (nSPS) is 10.5. The highest BCUT2D eigenvalue weighted by molar-refractivity contribution is 6.01. The molecular weight excluding hydrogens is 272 g/mol. The molecule has 7 heteroatoms. The van der Waals surface area contributed by atoms with Crippen LogP contribution in [-0.4, -0.2) is 36.0 Å². The lowest BCUT2D eigenvalue weighted by Crippen LogP contribution is -2.13. The number of hydrogen-bond acceptors (Lipinski definition) is 5. The molecule has 3 rings (SSSR count). The molecule has 0 unspecified atom stereocenters. The second-order valence-corrected chi connectivity index (χ2v) is 4.32. The van der Waals surface area contributed by atoms with Gasteiger partial charge in [-0.1, -0.05) is 0 Å². The van der Waals surface area contributed by atoms with Gasteiger partial charge in [0, 0.05) is 35.9 Å². The van der Waals surface area contributed by atoms with Crippen molar-refractivity contribution in [3.05, 3.63) is 66.8 Å². The van der Waals surface area contributed by atoms with Crippen molar-refractivity contribution in [2.75, 3.05) is 0 Å². The van der Waals surface area contributed by atoms with Gasteiger partial charge in [0.15, 0.2) is 0 Å². The molecule has 2 heterocycles. The maximum Gasteiger partial charge on any atom is 0.263 e. The Bertz CT molecular complexity index is 727. The van der Waals surface area contributed by atoms with Gasteiger partial charge < -0.3 is 5.11 Å². The largest absolute Gasteiger partial charge is 0.508 e. The van der Waals surface area contributed by atoms with Crippen molar-refractivity contribution in [1.29, 1.82) is 0 Å². The smallest absolute Gasteiger partial charge is 0.263 e. The molecule has 0 fully saturated rings. The molecule has 1 aromatic carbocycles. The summed E-state index contributed by atoms with van der Waals surface area (Å²) in [6, 6.07) is 4.02. The van der Waals surface area contributed by atoms with Gasteiger partial charge in [-0.15, -0.1) is 0 Å². The number of aromatic hydroxyl groups is 1. The molecule has 0 aliphatic rings. The van der Waals surface area contributed by atoms with Crippen molar-refractivity contribution < 1.29 is 14.7 Å². The van der Waals surface area contributed by atoms with E-state index in [-0.39, 0.29) is 28.7 Å². The Morgan fingerprint density at radius 2 is 1.33 bits per heavy atom. The molecule has 104 valence electrons. The highest BCUT2D eigenvalue weighted by Gasteiger charge is 2.15. The number of aromatic nitrogens is 4. The molecule has 0 spiro atoms. The SMILES string of the molecule is O=C(c1cc(O)cc(C(=O)n2ccnc2)c1)n1ccnc1. The van der Waals surface area contributed by atoms with Gasteiger partial charge in [-0.25, -0.2) is 9.97 Å². The van der Waals surface area contributed by atoms with Crippen LogP contribution in [0.4, 0.5) is 0 Å². The Morgan fingerprint density at radius 1 is 0.857 bits per heavy atom. The minimum Gasteiger partial charge on any atom is -0.508 e. The standard InChI is InChI=1S/C14H10N4O3/c19-12-6-10(13(20)17-3-1-15-8-17)5-11(7-12)14(21)18-4-2-16-9-18/h1-9,19H. The van der Waals surface area contributed by atoms with E-state index in [1.807, 2.05) is 0 Å². The van der Waals surface area contributed by atoms with Crippen molar-refractivity contribution in [1.82, 2.24) is 19.1 Å². The summed E-state index contributed by atoms with van der Waals surface area (Å²) in [5.41, 5.74) is 0.382. The molecule has 0 aliphatic carbocycles. The minimum absolute atomic E-state index is 0.163. The number of carbonyl (C=O) groups excluding carboxylic acids is 2. The summed E-state index contributed by atoms with van der Waals surface area (Å²) in [7, 11) is 0. The maximum atomic E-state index is 12.2. The van der Waals surface area contributed by atoms with Gasteiger partial charge in [-0.3, -0.25) is 18.7 Å². The van der Waals surface area contributed by atoms with Crippen LogP contribution in [0, 0.1) is 0 Å². The summed E-state index contributed by atoms with van der Waals surface area (Å²) in [5.74, 6) is -0.935. The molecule has 0 aliphatic heterocycles. The first-order chi connectivity index (χ1) is 10.1. The average molecular weight is 282 g/mol. The lowest BCUT2D eigenvalue weighted by Gasteiger charge is -2.06. The first-order valence-corrected chi connectivity index (χ1v) is 6.04. The van der Waals surface area contributed by atoms with Crippen molar-refractivity contribution in [3.63, 3.8) is 0 Å². The molecule has 0 saturated heterocycles. The zero-order valence-corrected chi connectivity index (χ0v) is 10.7. The minimum atomic E-state index is -0.386. The Hall–Kier alpha value is -3.22. The quantitative estimate of drug-likeness (QED) is 0.761. The van der Waals surface area contributed by atoms with Crippen LogP contribution in [-0.2, 0) is 0 Å². The highest BCUT2D eigenvalue weighted by Crippen LogP contribution is 2.18. The molecule has 7 nitrogen and oxygen atoms in total. The molecular formula is C14H10N4O3. The fraction of sp³-hybridized carbons (Fsp3) is 0. The Balaban J connectivity index is 2.01. The zero-order chi connectivity index (χ0) is 14.8. The van der Waals surface area contributed by atoms with Crippen LogP contribution in [0.5, 0.6) is 5.75 Å². The van der Waals surface area contributed by atoms with Crippen molar-refractivity contribution in [3.8, 4) is 5.75 Å². The molecule has 0 radical (unpaired) electrons. The van der Waals surface area contributed by atoms with Gasteiger partial charge in [0.05, 0.1) is 0 Å². The number of imidazole rings is 2. The predicted octanol–water partition coefficient (Wildman–Crippen LogP) is 1.16. The topological polar surface area (TPSA) is 90.0 Å². The molecule has 0 atom stereocenters. The molecule has 1 N–H and O–H groups in total. The number of nitrogens with zero attached hydrogens (tertiary/aromatic N) is 4. The number of phenolic OH excluding ortho intramolecular Hbond substituents is 1. The van der Waals surface area contributed by atoms with E-state index >= 15 is 0 Å². The van der Waals surface area contributed by atoms with Crippen LogP contribution in [0.1, 0.15) is 20.7 Å². The molecule has 3 aromatic rings. The van der Waals surface area contributed by atoms with E-state index in [4.69, 9.17) is 0 Å². The lowest BCUT2D eigenvalue weighted by atomic mass is 10.1. The zero-order valence-electron chi connectivity index (χ0n) is 10.7. The van der Waals surface area contributed by atoms with Gasteiger partial charge in [-0.05, 0) is 18.2 Å². The van der Waals surface area contributed by atoms with Crippen LogP contribution in [0.2, 0.25) is 0 Å². The number of phenols is 1. The number of rotatable bonds is 2. The second kappa shape index (κ2) is 5.04. The highest BCUT2D eigenvalue weighted by atomic mass is 16.3. The molecule has 21 heavy (non-hydrogen) atoms. The van der Waals surface area contributed by atoms with Crippen LogP contribution < -0.4 is 0 Å². The fourth-order valence-electron chi connectivity index (χ4n) is 1.91. The van der Waals surface area contributed by atoms with Gasteiger partial charge in [0.25, 0.3) is 11.8 Å². The van der Waals surface area contributed by atoms with Gasteiger partial charge in [-0.2, -0.15) is 0 Å². The molecule has 2 aromatic heterocycles. The predicted molar refractivity (Wildman–Crippen MR) is 72.0 cm³/mol. The Kier molecular flexibility index (Phi) is 3.07. The average Bonchev–Trinajstić information content (AvgIpc) is 3.17.